The smallest absolute Gasteiger partial charge is 0.230 e. The van der Waals surface area contributed by atoms with Crippen molar-refractivity contribution in [1.82, 2.24) is 10.2 Å². The quantitative estimate of drug-likeness (QED) is 0.872. The highest BCUT2D eigenvalue weighted by molar-refractivity contribution is 5.84. The highest BCUT2D eigenvalue weighted by atomic mass is 16.2. The maximum atomic E-state index is 13.2. The minimum Gasteiger partial charge on any atom is -0.338 e. The number of hydrogen-bond donors (Lipinski definition) is 1. The molecule has 21 heavy (non-hydrogen) atoms. The summed E-state index contributed by atoms with van der Waals surface area (Å²) in [7, 11) is 0. The lowest BCUT2D eigenvalue weighted by Gasteiger charge is -2.33. The molecule has 3 nitrogen and oxygen atoms in total. The van der Waals surface area contributed by atoms with Crippen LogP contribution in [0.1, 0.15) is 45.1 Å². The molecule has 0 aromatic heterocycles. The van der Waals surface area contributed by atoms with Crippen LogP contribution in [0.15, 0.2) is 30.3 Å². The number of amides is 1. The lowest BCUT2D eigenvalue weighted by atomic mass is 9.84. The average Bonchev–Trinajstić information content (AvgIpc) is 3.03. The van der Waals surface area contributed by atoms with Gasteiger partial charge in [-0.05, 0) is 31.4 Å². The molecule has 116 valence electrons. The standard InChI is InChI=1S/C18H28N2O/c1-4-14(3)17(15-9-7-6-8-10-15)18(21)20(5-2)16-11-12-19-13-16/h6-10,14,16-17,19H,4-5,11-13H2,1-3H3. The molecule has 0 radical (unpaired) electrons. The molecule has 1 aromatic carbocycles. The summed E-state index contributed by atoms with van der Waals surface area (Å²) in [6, 6.07) is 10.6. The van der Waals surface area contributed by atoms with E-state index in [0.717, 1.165) is 38.0 Å². The number of carbonyl (C=O) groups excluding carboxylic acids is 1. The van der Waals surface area contributed by atoms with Crippen LogP contribution in [0.4, 0.5) is 0 Å². The largest absolute Gasteiger partial charge is 0.338 e. The number of rotatable bonds is 6. The van der Waals surface area contributed by atoms with Crippen molar-refractivity contribution in [3.63, 3.8) is 0 Å². The molecule has 1 aromatic rings. The van der Waals surface area contributed by atoms with Crippen LogP contribution >= 0.6 is 0 Å². The van der Waals surface area contributed by atoms with Gasteiger partial charge in [0, 0.05) is 19.1 Å². The van der Waals surface area contributed by atoms with Crippen molar-refractivity contribution in [1.29, 1.82) is 0 Å². The zero-order valence-corrected chi connectivity index (χ0v) is 13.5. The van der Waals surface area contributed by atoms with E-state index >= 15 is 0 Å². The van der Waals surface area contributed by atoms with E-state index in [0.29, 0.717) is 17.9 Å². The second-order valence-corrected chi connectivity index (χ2v) is 6.04. The Balaban J connectivity index is 2.24. The number of hydrogen-bond acceptors (Lipinski definition) is 2. The fraction of sp³-hybridized carbons (Fsp3) is 0.611. The maximum absolute atomic E-state index is 13.2. The summed E-state index contributed by atoms with van der Waals surface area (Å²) < 4.78 is 0. The molecule has 1 fully saturated rings. The highest BCUT2D eigenvalue weighted by Crippen LogP contribution is 2.30. The molecule has 3 unspecified atom stereocenters. The number of carbonyl (C=O) groups is 1. The SMILES string of the molecule is CCC(C)C(C(=O)N(CC)C1CCNC1)c1ccccc1. The van der Waals surface area contributed by atoms with Crippen molar-refractivity contribution in [3.8, 4) is 0 Å². The average molecular weight is 288 g/mol. The summed E-state index contributed by atoms with van der Waals surface area (Å²) in [5.74, 6) is 0.645. The second kappa shape index (κ2) is 7.60. The monoisotopic (exact) mass is 288 g/mol. The summed E-state index contributed by atoms with van der Waals surface area (Å²) in [5.41, 5.74) is 1.15. The molecule has 2 rings (SSSR count). The van der Waals surface area contributed by atoms with Gasteiger partial charge in [-0.1, -0.05) is 50.6 Å². The topological polar surface area (TPSA) is 32.3 Å². The van der Waals surface area contributed by atoms with E-state index in [4.69, 9.17) is 0 Å². The summed E-state index contributed by atoms with van der Waals surface area (Å²) in [5, 5.41) is 3.37. The van der Waals surface area contributed by atoms with Crippen molar-refractivity contribution in [2.24, 2.45) is 5.92 Å². The fourth-order valence-corrected chi connectivity index (χ4v) is 3.29. The summed E-state index contributed by atoms with van der Waals surface area (Å²) >= 11 is 0. The second-order valence-electron chi connectivity index (χ2n) is 6.04. The van der Waals surface area contributed by atoms with E-state index in [2.05, 4.69) is 43.1 Å². The summed E-state index contributed by atoms with van der Waals surface area (Å²) in [4.78, 5) is 15.2. The molecule has 0 spiro atoms. The first-order chi connectivity index (χ1) is 10.2. The Morgan fingerprint density at radius 1 is 1.33 bits per heavy atom. The molecule has 1 aliphatic rings. The number of likely N-dealkylation sites (N-methyl/N-ethyl adjacent to an activating group) is 1. The Kier molecular flexibility index (Phi) is 5.80. The molecule has 1 N–H and O–H groups in total. The van der Waals surface area contributed by atoms with Crippen molar-refractivity contribution >= 4 is 5.91 Å². The predicted octanol–water partition coefficient (Wildman–Crippen LogP) is 3.03. The zero-order valence-electron chi connectivity index (χ0n) is 13.5. The number of nitrogens with zero attached hydrogens (tertiary/aromatic N) is 1. The molecular formula is C18H28N2O. The van der Waals surface area contributed by atoms with E-state index in [1.807, 2.05) is 18.2 Å². The van der Waals surface area contributed by atoms with Crippen molar-refractivity contribution < 1.29 is 4.79 Å². The third-order valence-electron chi connectivity index (χ3n) is 4.74. The molecule has 0 bridgehead atoms. The van der Waals surface area contributed by atoms with Crippen LogP contribution in [0.5, 0.6) is 0 Å². The first-order valence-electron chi connectivity index (χ1n) is 8.25. The van der Waals surface area contributed by atoms with Crippen molar-refractivity contribution in [3.05, 3.63) is 35.9 Å². The van der Waals surface area contributed by atoms with Crippen LogP contribution in [0.25, 0.3) is 0 Å². The number of nitrogens with one attached hydrogen (secondary N) is 1. The van der Waals surface area contributed by atoms with E-state index in [9.17, 15) is 4.79 Å². The summed E-state index contributed by atoms with van der Waals surface area (Å²) in [6.45, 7) is 9.20. The lowest BCUT2D eigenvalue weighted by molar-refractivity contribution is -0.135. The molecule has 3 heteroatoms. The van der Waals surface area contributed by atoms with Gasteiger partial charge < -0.3 is 10.2 Å². The normalized spacial score (nSPS) is 21.0. The molecular weight excluding hydrogens is 260 g/mol. The van der Waals surface area contributed by atoms with Gasteiger partial charge in [-0.3, -0.25) is 4.79 Å². The van der Waals surface area contributed by atoms with Gasteiger partial charge in [-0.25, -0.2) is 0 Å². The molecule has 1 amide bonds. The molecule has 0 saturated carbocycles. The fourth-order valence-electron chi connectivity index (χ4n) is 3.29. The maximum Gasteiger partial charge on any atom is 0.230 e. The molecule has 1 heterocycles. The van der Waals surface area contributed by atoms with Gasteiger partial charge in [0.2, 0.25) is 5.91 Å². The Bertz CT molecular complexity index is 440. The van der Waals surface area contributed by atoms with Gasteiger partial charge in [-0.15, -0.1) is 0 Å². The van der Waals surface area contributed by atoms with Gasteiger partial charge >= 0.3 is 0 Å². The minimum atomic E-state index is -0.0169. The molecule has 3 atom stereocenters. The van der Waals surface area contributed by atoms with E-state index in [1.54, 1.807) is 0 Å². The highest BCUT2D eigenvalue weighted by Gasteiger charge is 2.33. The van der Waals surface area contributed by atoms with E-state index in [1.165, 1.54) is 0 Å². The summed E-state index contributed by atoms with van der Waals surface area (Å²) in [6.07, 6.45) is 2.09. The van der Waals surface area contributed by atoms with Gasteiger partial charge in [0.1, 0.15) is 0 Å². The van der Waals surface area contributed by atoms with Crippen LogP contribution in [0.3, 0.4) is 0 Å². The predicted molar refractivity (Wildman–Crippen MR) is 87.3 cm³/mol. The third-order valence-corrected chi connectivity index (χ3v) is 4.74. The van der Waals surface area contributed by atoms with Gasteiger partial charge in [0.25, 0.3) is 0 Å². The lowest BCUT2D eigenvalue weighted by Crippen LogP contribution is -2.45. The molecule has 0 aliphatic carbocycles. The van der Waals surface area contributed by atoms with Gasteiger partial charge in [-0.2, -0.15) is 0 Å². The van der Waals surface area contributed by atoms with Gasteiger partial charge in [0.15, 0.2) is 0 Å². The van der Waals surface area contributed by atoms with Crippen LogP contribution in [0.2, 0.25) is 0 Å². The molecule has 1 saturated heterocycles. The van der Waals surface area contributed by atoms with Gasteiger partial charge in [0.05, 0.1) is 5.92 Å². The van der Waals surface area contributed by atoms with Crippen LogP contribution in [-0.2, 0) is 4.79 Å². The first-order valence-corrected chi connectivity index (χ1v) is 8.25. The zero-order chi connectivity index (χ0) is 15.2. The first kappa shape index (κ1) is 16.0. The Morgan fingerprint density at radius 2 is 2.05 bits per heavy atom. The Labute approximate surface area is 128 Å². The van der Waals surface area contributed by atoms with E-state index < -0.39 is 0 Å². The van der Waals surface area contributed by atoms with Crippen molar-refractivity contribution in [2.75, 3.05) is 19.6 Å². The Hall–Kier alpha value is -1.35. The van der Waals surface area contributed by atoms with Crippen LogP contribution in [0, 0.1) is 5.92 Å². The number of benzene rings is 1. The van der Waals surface area contributed by atoms with Crippen LogP contribution in [-0.4, -0.2) is 36.5 Å². The van der Waals surface area contributed by atoms with E-state index in [-0.39, 0.29) is 5.92 Å². The Morgan fingerprint density at radius 3 is 2.57 bits per heavy atom. The van der Waals surface area contributed by atoms with Crippen molar-refractivity contribution in [2.45, 2.75) is 45.6 Å². The third kappa shape index (κ3) is 3.65. The minimum absolute atomic E-state index is 0.0169. The molecule has 1 aliphatic heterocycles. The van der Waals surface area contributed by atoms with Crippen LogP contribution < -0.4 is 5.32 Å².